The molecule has 0 bridgehead atoms. The molecular formula is C24H31F3N4O2S2. The van der Waals surface area contributed by atoms with Crippen molar-refractivity contribution in [2.24, 2.45) is 11.1 Å². The van der Waals surface area contributed by atoms with Gasteiger partial charge >= 0.3 is 11.5 Å². The fourth-order valence-electron chi connectivity index (χ4n) is 4.06. The monoisotopic (exact) mass is 528 g/mol. The van der Waals surface area contributed by atoms with E-state index in [1.807, 2.05) is 7.05 Å². The summed E-state index contributed by atoms with van der Waals surface area (Å²) in [6.45, 7) is 2.92. The van der Waals surface area contributed by atoms with Gasteiger partial charge in [-0.15, -0.1) is 0 Å². The van der Waals surface area contributed by atoms with E-state index in [2.05, 4.69) is 39.4 Å². The van der Waals surface area contributed by atoms with Crippen LogP contribution in [-0.4, -0.2) is 51.8 Å². The highest BCUT2D eigenvalue weighted by atomic mass is 32.2. The molecule has 0 radical (unpaired) electrons. The molecule has 6 nitrogen and oxygen atoms in total. The number of anilines is 3. The van der Waals surface area contributed by atoms with E-state index in [1.54, 1.807) is 12.1 Å². The van der Waals surface area contributed by atoms with E-state index >= 15 is 0 Å². The first-order valence-electron chi connectivity index (χ1n) is 11.3. The van der Waals surface area contributed by atoms with Gasteiger partial charge in [-0.05, 0) is 85.4 Å². The van der Waals surface area contributed by atoms with Crippen LogP contribution < -0.4 is 20.3 Å². The number of carbonyl (C=O) groups excluding carboxylic acids is 1. The summed E-state index contributed by atoms with van der Waals surface area (Å²) in [4.78, 5) is 16.8. The molecule has 1 aliphatic rings. The molecular weight excluding hydrogens is 497 g/mol. The van der Waals surface area contributed by atoms with Crippen LogP contribution in [0.15, 0.2) is 52.3 Å². The Morgan fingerprint density at radius 3 is 2.49 bits per heavy atom. The van der Waals surface area contributed by atoms with Gasteiger partial charge in [-0.3, -0.25) is 9.93 Å². The van der Waals surface area contributed by atoms with Crippen LogP contribution in [-0.2, 0) is 9.53 Å². The maximum Gasteiger partial charge on any atom is 0.446 e. The minimum atomic E-state index is -4.36. The number of hydrogen-bond acceptors (Lipinski definition) is 8. The highest BCUT2D eigenvalue weighted by molar-refractivity contribution is 8.00. The molecule has 0 aliphatic carbocycles. The molecule has 3 rings (SSSR count). The minimum absolute atomic E-state index is 0.0177. The second-order valence-corrected chi connectivity index (χ2v) is 10.1. The standard InChI is InChI=1S/C24H31F3N4O2S2/c1-30(13-3-12-29-21-9-8-20(35-28)16-22(21)34-24(25,26)27)18-4-6-19(7-5-18)31-14-10-17(11-15-31)23(32)33-2/h4-9,16-17,29H,3,10-15,28H2,1-2H3. The average Bonchev–Trinajstić information content (AvgIpc) is 2.86. The molecule has 11 heteroatoms. The zero-order valence-corrected chi connectivity index (χ0v) is 21.4. The van der Waals surface area contributed by atoms with Crippen molar-refractivity contribution in [2.45, 2.75) is 34.6 Å². The van der Waals surface area contributed by atoms with Gasteiger partial charge in [0, 0.05) is 60.1 Å². The molecule has 0 aromatic heterocycles. The normalized spacial score (nSPS) is 14.6. The predicted octanol–water partition coefficient (Wildman–Crippen LogP) is 5.59. The van der Waals surface area contributed by atoms with E-state index in [9.17, 15) is 18.0 Å². The van der Waals surface area contributed by atoms with Crippen LogP contribution in [0.2, 0.25) is 0 Å². The molecule has 1 heterocycles. The molecule has 192 valence electrons. The van der Waals surface area contributed by atoms with E-state index in [0.29, 0.717) is 17.1 Å². The van der Waals surface area contributed by atoms with Crippen molar-refractivity contribution in [2.75, 3.05) is 55.5 Å². The number of nitrogens with zero attached hydrogens (tertiary/aromatic N) is 2. The number of benzene rings is 2. The van der Waals surface area contributed by atoms with E-state index < -0.39 is 5.51 Å². The number of rotatable bonds is 10. The fourth-order valence-corrected chi connectivity index (χ4v) is 5.15. The van der Waals surface area contributed by atoms with Gasteiger partial charge in [0.05, 0.1) is 13.0 Å². The first-order valence-corrected chi connectivity index (χ1v) is 13.0. The maximum absolute atomic E-state index is 12.9. The molecule has 0 unspecified atom stereocenters. The smallest absolute Gasteiger partial charge is 0.446 e. The third kappa shape index (κ3) is 8.15. The zero-order chi connectivity index (χ0) is 25.4. The number of nitrogens with two attached hydrogens (primary N) is 1. The summed E-state index contributed by atoms with van der Waals surface area (Å²) in [5.41, 5.74) is -1.72. The first-order chi connectivity index (χ1) is 16.7. The first kappa shape index (κ1) is 27.3. The molecule has 3 N–H and O–H groups in total. The van der Waals surface area contributed by atoms with Crippen LogP contribution in [0.1, 0.15) is 19.3 Å². The van der Waals surface area contributed by atoms with Gasteiger partial charge in [-0.2, -0.15) is 13.2 Å². The molecule has 0 amide bonds. The Morgan fingerprint density at radius 1 is 1.20 bits per heavy atom. The Labute approximate surface area is 212 Å². The van der Waals surface area contributed by atoms with Gasteiger partial charge in [-0.1, -0.05) is 0 Å². The minimum Gasteiger partial charge on any atom is -0.469 e. The largest absolute Gasteiger partial charge is 0.469 e. The maximum atomic E-state index is 12.9. The van der Waals surface area contributed by atoms with Crippen LogP contribution in [0, 0.1) is 5.92 Å². The molecule has 1 saturated heterocycles. The number of thioether (sulfide) groups is 1. The molecule has 0 spiro atoms. The van der Waals surface area contributed by atoms with Crippen molar-refractivity contribution in [1.29, 1.82) is 0 Å². The highest BCUT2D eigenvalue weighted by Crippen LogP contribution is 2.41. The Morgan fingerprint density at radius 2 is 1.89 bits per heavy atom. The molecule has 1 aliphatic heterocycles. The lowest BCUT2D eigenvalue weighted by Crippen LogP contribution is -2.36. The third-order valence-corrected chi connectivity index (χ3v) is 7.30. The number of alkyl halides is 3. The summed E-state index contributed by atoms with van der Waals surface area (Å²) < 4.78 is 43.6. The Balaban J connectivity index is 1.47. The molecule has 0 saturated carbocycles. The fraction of sp³-hybridized carbons (Fsp3) is 0.458. The second kappa shape index (κ2) is 12.6. The third-order valence-electron chi connectivity index (χ3n) is 5.99. The number of esters is 1. The predicted molar refractivity (Wildman–Crippen MR) is 138 cm³/mol. The molecule has 1 fully saturated rings. The Hall–Kier alpha value is -2.24. The summed E-state index contributed by atoms with van der Waals surface area (Å²) in [5, 5.41) is 8.62. The van der Waals surface area contributed by atoms with Crippen molar-refractivity contribution in [3.8, 4) is 0 Å². The van der Waals surface area contributed by atoms with Gasteiger partial charge in [0.1, 0.15) is 0 Å². The van der Waals surface area contributed by atoms with Crippen molar-refractivity contribution >= 4 is 46.7 Å². The summed E-state index contributed by atoms with van der Waals surface area (Å²) in [6, 6.07) is 13.1. The van der Waals surface area contributed by atoms with Crippen molar-refractivity contribution in [3.63, 3.8) is 0 Å². The van der Waals surface area contributed by atoms with Crippen molar-refractivity contribution in [1.82, 2.24) is 0 Å². The van der Waals surface area contributed by atoms with E-state index in [4.69, 9.17) is 9.88 Å². The summed E-state index contributed by atoms with van der Waals surface area (Å²) >= 11 is 0.788. The number of ether oxygens (including phenoxy) is 1. The lowest BCUT2D eigenvalue weighted by molar-refractivity contribution is -0.146. The van der Waals surface area contributed by atoms with Crippen LogP contribution in [0.25, 0.3) is 0 Å². The van der Waals surface area contributed by atoms with Crippen LogP contribution in [0.4, 0.5) is 30.2 Å². The van der Waals surface area contributed by atoms with Crippen LogP contribution >= 0.6 is 23.7 Å². The number of piperidine rings is 1. The number of carbonyl (C=O) groups is 1. The van der Waals surface area contributed by atoms with Crippen molar-refractivity contribution in [3.05, 3.63) is 42.5 Å². The Bertz CT molecular complexity index is 968. The van der Waals surface area contributed by atoms with Crippen molar-refractivity contribution < 1.29 is 22.7 Å². The zero-order valence-electron chi connectivity index (χ0n) is 19.8. The topological polar surface area (TPSA) is 70.8 Å². The number of halogens is 3. The average molecular weight is 529 g/mol. The van der Waals surface area contributed by atoms with E-state index in [-0.39, 0.29) is 28.5 Å². The number of methoxy groups -OCH3 is 1. The van der Waals surface area contributed by atoms with E-state index in [0.717, 1.165) is 62.2 Å². The van der Waals surface area contributed by atoms with E-state index in [1.165, 1.54) is 13.2 Å². The summed E-state index contributed by atoms with van der Waals surface area (Å²) in [5.74, 6) is -0.145. The molecule has 2 aromatic rings. The van der Waals surface area contributed by atoms with Gasteiger partial charge in [-0.25, -0.2) is 0 Å². The number of nitrogens with one attached hydrogen (secondary N) is 1. The van der Waals surface area contributed by atoms with Gasteiger partial charge in [0.2, 0.25) is 0 Å². The van der Waals surface area contributed by atoms with Gasteiger partial charge in [0.15, 0.2) is 0 Å². The lowest BCUT2D eigenvalue weighted by atomic mass is 9.96. The molecule has 2 aromatic carbocycles. The quantitative estimate of drug-likeness (QED) is 0.179. The second-order valence-electron chi connectivity index (χ2n) is 8.33. The van der Waals surface area contributed by atoms with Gasteiger partial charge < -0.3 is 19.9 Å². The summed E-state index contributed by atoms with van der Waals surface area (Å²) in [6.07, 6.45) is 2.33. The lowest BCUT2D eigenvalue weighted by Gasteiger charge is -2.32. The SMILES string of the molecule is COC(=O)C1CCN(c2ccc(N(C)CCCNc3ccc(SN)cc3SC(F)(F)F)cc2)CC1. The summed E-state index contributed by atoms with van der Waals surface area (Å²) in [7, 11) is 3.43. The molecule has 0 atom stereocenters. The molecule has 35 heavy (non-hydrogen) atoms. The highest BCUT2D eigenvalue weighted by Gasteiger charge is 2.30. The Kier molecular flexibility index (Phi) is 9.88. The van der Waals surface area contributed by atoms with Crippen LogP contribution in [0.5, 0.6) is 0 Å². The van der Waals surface area contributed by atoms with Crippen LogP contribution in [0.3, 0.4) is 0 Å². The van der Waals surface area contributed by atoms with Gasteiger partial charge in [0.25, 0.3) is 0 Å². The number of hydrogen-bond donors (Lipinski definition) is 2.